The Morgan fingerprint density at radius 3 is 2.04 bits per heavy atom. The highest BCUT2D eigenvalue weighted by molar-refractivity contribution is 5.97. The van der Waals surface area contributed by atoms with Crippen LogP contribution >= 0.6 is 0 Å². The van der Waals surface area contributed by atoms with E-state index in [1.165, 1.54) is 7.11 Å². The summed E-state index contributed by atoms with van der Waals surface area (Å²) in [6.45, 7) is 0. The fourth-order valence-electron chi connectivity index (χ4n) is 3.69. The number of hydrogen-bond acceptors (Lipinski definition) is 4. The molecule has 2 aromatic carbocycles. The van der Waals surface area contributed by atoms with Gasteiger partial charge in [-0.3, -0.25) is 9.78 Å². The summed E-state index contributed by atoms with van der Waals surface area (Å²) in [6.07, 6.45) is 3.09. The molecule has 5 heteroatoms. The molecule has 4 rings (SSSR count). The number of benzene rings is 2. The highest BCUT2D eigenvalue weighted by atomic mass is 16.5. The quantitative estimate of drug-likeness (QED) is 0.728. The third kappa shape index (κ3) is 2.97. The van der Waals surface area contributed by atoms with Crippen molar-refractivity contribution in [1.82, 2.24) is 10.3 Å². The van der Waals surface area contributed by atoms with Crippen molar-refractivity contribution in [2.45, 2.75) is 12.0 Å². The van der Waals surface area contributed by atoms with Gasteiger partial charge in [0.2, 0.25) is 0 Å². The Labute approximate surface area is 157 Å². The van der Waals surface area contributed by atoms with Gasteiger partial charge >= 0.3 is 5.97 Å². The molecule has 3 aromatic rings. The Balaban J connectivity index is 1.77. The molecule has 0 unspecified atom stereocenters. The molecule has 0 spiro atoms. The lowest BCUT2D eigenvalue weighted by Crippen LogP contribution is -2.45. The number of fused-ring (bicyclic) bond motifs is 3. The van der Waals surface area contributed by atoms with Crippen LogP contribution in [0.1, 0.15) is 27.4 Å². The molecule has 1 amide bonds. The van der Waals surface area contributed by atoms with E-state index in [2.05, 4.69) is 10.3 Å². The monoisotopic (exact) mass is 358 g/mol. The zero-order valence-electron chi connectivity index (χ0n) is 14.8. The van der Waals surface area contributed by atoms with Gasteiger partial charge in [0.15, 0.2) is 0 Å². The van der Waals surface area contributed by atoms with Crippen LogP contribution in [0, 0.1) is 0 Å². The van der Waals surface area contributed by atoms with Gasteiger partial charge in [-0.2, -0.15) is 0 Å². The van der Waals surface area contributed by atoms with Crippen molar-refractivity contribution in [3.8, 4) is 11.1 Å². The predicted octanol–water partition coefficient (Wildman–Crippen LogP) is 3.17. The maximum absolute atomic E-state index is 12.7. The molecule has 5 nitrogen and oxygen atoms in total. The zero-order chi connectivity index (χ0) is 18.8. The summed E-state index contributed by atoms with van der Waals surface area (Å²) in [7, 11) is 1.33. The summed E-state index contributed by atoms with van der Waals surface area (Å²) >= 11 is 0. The smallest absolute Gasteiger partial charge is 0.329 e. The number of nitrogens with one attached hydrogen (secondary N) is 1. The standard InChI is InChI=1S/C22H18N2O3/c1-27-22(26)20(24-21(25)14-10-12-23-13-11-14)19-17-8-4-2-6-15(17)16-7-3-5-9-18(16)19/h2-13,19-20H,1H3,(H,24,25)/t20-/m0/s1. The van der Waals surface area contributed by atoms with Crippen LogP contribution in [-0.4, -0.2) is 30.0 Å². The van der Waals surface area contributed by atoms with E-state index in [0.29, 0.717) is 5.56 Å². The van der Waals surface area contributed by atoms with Crippen LogP contribution in [0.15, 0.2) is 73.1 Å². The molecule has 0 aliphatic heterocycles. The number of carbonyl (C=O) groups excluding carboxylic acids is 2. The topological polar surface area (TPSA) is 68.3 Å². The summed E-state index contributed by atoms with van der Waals surface area (Å²) in [4.78, 5) is 29.3. The number of ether oxygens (including phenoxy) is 1. The largest absolute Gasteiger partial charge is 0.467 e. The van der Waals surface area contributed by atoms with Crippen molar-refractivity contribution < 1.29 is 14.3 Å². The lowest BCUT2D eigenvalue weighted by Gasteiger charge is -2.24. The molecule has 1 aliphatic carbocycles. The van der Waals surface area contributed by atoms with Crippen LogP contribution in [0.4, 0.5) is 0 Å². The first kappa shape index (κ1) is 17.0. The molecule has 0 bridgehead atoms. The van der Waals surface area contributed by atoms with Gasteiger partial charge in [0.1, 0.15) is 6.04 Å². The summed E-state index contributed by atoms with van der Waals surface area (Å²) in [6, 6.07) is 18.3. The molecule has 1 aliphatic rings. The minimum absolute atomic E-state index is 0.310. The van der Waals surface area contributed by atoms with Crippen molar-refractivity contribution in [3.63, 3.8) is 0 Å². The number of hydrogen-bond donors (Lipinski definition) is 1. The molecular formula is C22H18N2O3. The van der Waals surface area contributed by atoms with E-state index < -0.39 is 12.0 Å². The maximum Gasteiger partial charge on any atom is 0.329 e. The number of pyridine rings is 1. The number of esters is 1. The van der Waals surface area contributed by atoms with Gasteiger partial charge in [-0.15, -0.1) is 0 Å². The van der Waals surface area contributed by atoms with Gasteiger partial charge < -0.3 is 10.1 Å². The van der Waals surface area contributed by atoms with Gasteiger partial charge in [-0.1, -0.05) is 48.5 Å². The van der Waals surface area contributed by atoms with Crippen molar-refractivity contribution in [1.29, 1.82) is 0 Å². The van der Waals surface area contributed by atoms with Crippen LogP contribution in [0.5, 0.6) is 0 Å². The van der Waals surface area contributed by atoms with Gasteiger partial charge in [-0.25, -0.2) is 4.79 Å². The van der Waals surface area contributed by atoms with E-state index in [-0.39, 0.29) is 11.8 Å². The highest BCUT2D eigenvalue weighted by Crippen LogP contribution is 2.46. The van der Waals surface area contributed by atoms with Gasteiger partial charge in [0, 0.05) is 23.9 Å². The van der Waals surface area contributed by atoms with Crippen molar-refractivity contribution in [2.75, 3.05) is 7.11 Å². The molecule has 1 heterocycles. The Kier molecular flexibility index (Phi) is 4.42. The van der Waals surface area contributed by atoms with Gasteiger partial charge in [0.05, 0.1) is 7.11 Å². The average Bonchev–Trinajstić information content (AvgIpc) is 3.06. The number of aromatic nitrogens is 1. The Bertz CT molecular complexity index is 956. The lowest BCUT2D eigenvalue weighted by molar-refractivity contribution is -0.143. The predicted molar refractivity (Wildman–Crippen MR) is 101 cm³/mol. The van der Waals surface area contributed by atoms with Crippen LogP contribution in [0.2, 0.25) is 0 Å². The van der Waals surface area contributed by atoms with E-state index in [4.69, 9.17) is 4.74 Å². The second-order valence-corrected chi connectivity index (χ2v) is 6.36. The van der Waals surface area contributed by atoms with Crippen molar-refractivity contribution >= 4 is 11.9 Å². The number of nitrogens with zero attached hydrogens (tertiary/aromatic N) is 1. The summed E-state index contributed by atoms with van der Waals surface area (Å²) in [5, 5.41) is 2.87. The number of rotatable bonds is 4. The molecule has 1 N–H and O–H groups in total. The van der Waals surface area contributed by atoms with Crippen LogP contribution in [-0.2, 0) is 9.53 Å². The normalized spacial score (nSPS) is 13.4. The number of amides is 1. The fourth-order valence-corrected chi connectivity index (χ4v) is 3.69. The average molecular weight is 358 g/mol. The summed E-state index contributed by atoms with van der Waals surface area (Å²) in [5.74, 6) is -1.13. The van der Waals surface area contributed by atoms with E-state index in [1.807, 2.05) is 48.5 Å². The molecule has 0 radical (unpaired) electrons. The van der Waals surface area contributed by atoms with Crippen molar-refractivity contribution in [3.05, 3.63) is 89.7 Å². The first-order valence-corrected chi connectivity index (χ1v) is 8.67. The second kappa shape index (κ2) is 7.03. The molecule has 1 aromatic heterocycles. The molecule has 27 heavy (non-hydrogen) atoms. The van der Waals surface area contributed by atoms with Crippen LogP contribution < -0.4 is 5.32 Å². The van der Waals surface area contributed by atoms with E-state index in [9.17, 15) is 9.59 Å². The van der Waals surface area contributed by atoms with Gasteiger partial charge in [0.25, 0.3) is 5.91 Å². The van der Waals surface area contributed by atoms with Gasteiger partial charge in [-0.05, 0) is 34.4 Å². The van der Waals surface area contributed by atoms with Crippen molar-refractivity contribution in [2.24, 2.45) is 0 Å². The number of carbonyl (C=O) groups is 2. The third-order valence-electron chi connectivity index (χ3n) is 4.90. The SMILES string of the molecule is COC(=O)[C@@H](NC(=O)c1ccncc1)C1c2ccccc2-c2ccccc21. The number of methoxy groups -OCH3 is 1. The fraction of sp³-hybridized carbons (Fsp3) is 0.136. The first-order valence-electron chi connectivity index (χ1n) is 8.67. The Morgan fingerprint density at radius 1 is 0.926 bits per heavy atom. The lowest BCUT2D eigenvalue weighted by atomic mass is 9.89. The molecule has 0 fully saturated rings. The minimum atomic E-state index is -0.833. The van der Waals surface area contributed by atoms with E-state index >= 15 is 0 Å². The molecular weight excluding hydrogens is 340 g/mol. The Hall–Kier alpha value is -3.47. The first-order chi connectivity index (χ1) is 13.2. The second-order valence-electron chi connectivity index (χ2n) is 6.36. The molecule has 0 saturated carbocycles. The molecule has 134 valence electrons. The summed E-state index contributed by atoms with van der Waals surface area (Å²) in [5.41, 5.74) is 4.60. The van der Waals surface area contributed by atoms with E-state index in [0.717, 1.165) is 22.3 Å². The highest BCUT2D eigenvalue weighted by Gasteiger charge is 2.39. The van der Waals surface area contributed by atoms with Crippen LogP contribution in [0.25, 0.3) is 11.1 Å². The molecule has 1 atom stereocenters. The molecule has 0 saturated heterocycles. The van der Waals surface area contributed by atoms with E-state index in [1.54, 1.807) is 24.5 Å². The minimum Gasteiger partial charge on any atom is -0.467 e. The zero-order valence-corrected chi connectivity index (χ0v) is 14.8. The van der Waals surface area contributed by atoms with Crippen LogP contribution in [0.3, 0.4) is 0 Å². The third-order valence-corrected chi connectivity index (χ3v) is 4.90. The maximum atomic E-state index is 12.7. The Morgan fingerprint density at radius 2 is 1.48 bits per heavy atom. The summed E-state index contributed by atoms with van der Waals surface area (Å²) < 4.78 is 5.03.